The van der Waals surface area contributed by atoms with Gasteiger partial charge in [0.1, 0.15) is 4.60 Å². The Morgan fingerprint density at radius 3 is 3.19 bits per heavy atom. The number of hydrogen-bond acceptors (Lipinski definition) is 4. The second-order valence-corrected chi connectivity index (χ2v) is 6.57. The topological polar surface area (TPSA) is 62.5 Å². The fourth-order valence-corrected chi connectivity index (χ4v) is 3.79. The van der Waals surface area contributed by atoms with Gasteiger partial charge in [0.05, 0.1) is 0 Å². The van der Waals surface area contributed by atoms with Crippen LogP contribution >= 0.6 is 15.9 Å². The van der Waals surface area contributed by atoms with E-state index >= 15 is 0 Å². The van der Waals surface area contributed by atoms with E-state index in [-0.39, 0.29) is 5.91 Å². The summed E-state index contributed by atoms with van der Waals surface area (Å²) in [5, 5.41) is 3.12. The maximum Gasteiger partial charge on any atom is 0.220 e. The van der Waals surface area contributed by atoms with Gasteiger partial charge in [-0.1, -0.05) is 0 Å². The van der Waals surface area contributed by atoms with E-state index in [4.69, 9.17) is 0 Å². The normalized spacial score (nSPS) is 25.8. The molecule has 21 heavy (non-hydrogen) atoms. The number of nitrogens with zero attached hydrogens (tertiary/aromatic N) is 4. The Bertz CT molecular complexity index is 700. The standard InChI is InChI=1S/C14H16BrN5O/c15-11-8-20-6-4-16-13(20)14(18-11)19-5-3-10-9(7-19)1-2-12(21)17-10/h4,6,8-10H,1-3,5,7H2,(H,17,21). The number of carbonyl (C=O) groups is 1. The summed E-state index contributed by atoms with van der Waals surface area (Å²) in [4.78, 5) is 22.8. The van der Waals surface area contributed by atoms with Gasteiger partial charge in [-0.2, -0.15) is 0 Å². The molecule has 2 aromatic heterocycles. The van der Waals surface area contributed by atoms with Gasteiger partial charge in [0.2, 0.25) is 5.91 Å². The van der Waals surface area contributed by atoms with Gasteiger partial charge in [-0.15, -0.1) is 0 Å². The number of nitrogens with one attached hydrogen (secondary N) is 1. The smallest absolute Gasteiger partial charge is 0.220 e. The van der Waals surface area contributed by atoms with Crippen molar-refractivity contribution >= 4 is 33.3 Å². The van der Waals surface area contributed by atoms with Crippen LogP contribution in [0.1, 0.15) is 19.3 Å². The van der Waals surface area contributed by atoms with Gasteiger partial charge in [-0.25, -0.2) is 9.97 Å². The van der Waals surface area contributed by atoms with E-state index in [9.17, 15) is 4.79 Å². The minimum atomic E-state index is 0.195. The molecule has 1 amide bonds. The van der Waals surface area contributed by atoms with Crippen LogP contribution < -0.4 is 10.2 Å². The monoisotopic (exact) mass is 349 g/mol. The molecular weight excluding hydrogens is 334 g/mol. The van der Waals surface area contributed by atoms with Crippen LogP contribution in [0, 0.1) is 5.92 Å². The Kier molecular flexibility index (Phi) is 3.10. The zero-order valence-corrected chi connectivity index (χ0v) is 13.1. The van der Waals surface area contributed by atoms with Crippen molar-refractivity contribution in [2.45, 2.75) is 25.3 Å². The average molecular weight is 350 g/mol. The van der Waals surface area contributed by atoms with Crippen LogP contribution in [-0.4, -0.2) is 39.4 Å². The van der Waals surface area contributed by atoms with Gasteiger partial charge < -0.3 is 14.6 Å². The summed E-state index contributed by atoms with van der Waals surface area (Å²) in [6, 6.07) is 0.324. The molecule has 2 aromatic rings. The van der Waals surface area contributed by atoms with Crippen molar-refractivity contribution in [3.63, 3.8) is 0 Å². The van der Waals surface area contributed by atoms with Crippen molar-refractivity contribution < 1.29 is 4.79 Å². The molecule has 1 N–H and O–H groups in total. The molecule has 2 aliphatic rings. The lowest BCUT2D eigenvalue weighted by molar-refractivity contribution is -0.124. The van der Waals surface area contributed by atoms with E-state index in [1.54, 1.807) is 6.20 Å². The first-order chi connectivity index (χ1) is 10.2. The Hall–Kier alpha value is -1.63. The molecule has 0 aromatic carbocycles. The van der Waals surface area contributed by atoms with Crippen molar-refractivity contribution in [1.82, 2.24) is 19.7 Å². The number of hydrogen-bond donors (Lipinski definition) is 1. The average Bonchev–Trinajstić information content (AvgIpc) is 2.94. The number of fused-ring (bicyclic) bond motifs is 2. The lowest BCUT2D eigenvalue weighted by Gasteiger charge is -2.41. The highest BCUT2D eigenvalue weighted by Gasteiger charge is 2.34. The minimum absolute atomic E-state index is 0.195. The minimum Gasteiger partial charge on any atom is -0.353 e. The molecule has 2 unspecified atom stereocenters. The second kappa shape index (κ2) is 4.98. The summed E-state index contributed by atoms with van der Waals surface area (Å²) in [5.41, 5.74) is 0.886. The Balaban J connectivity index is 1.64. The maximum absolute atomic E-state index is 11.5. The molecule has 4 heterocycles. The van der Waals surface area contributed by atoms with Crippen molar-refractivity contribution in [2.75, 3.05) is 18.0 Å². The van der Waals surface area contributed by atoms with Gasteiger partial charge in [-0.05, 0) is 34.7 Å². The highest BCUT2D eigenvalue weighted by Crippen LogP contribution is 2.30. The molecule has 2 saturated heterocycles. The lowest BCUT2D eigenvalue weighted by atomic mass is 9.85. The van der Waals surface area contributed by atoms with Crippen molar-refractivity contribution in [3.8, 4) is 0 Å². The molecule has 0 spiro atoms. The van der Waals surface area contributed by atoms with Crippen LogP contribution in [0.15, 0.2) is 23.2 Å². The van der Waals surface area contributed by atoms with Gasteiger partial charge in [0, 0.05) is 44.1 Å². The van der Waals surface area contributed by atoms with Crippen LogP contribution in [0.5, 0.6) is 0 Å². The van der Waals surface area contributed by atoms with Gasteiger partial charge in [0.15, 0.2) is 11.5 Å². The molecule has 4 rings (SSSR count). The highest BCUT2D eigenvalue weighted by molar-refractivity contribution is 9.10. The van der Waals surface area contributed by atoms with Crippen LogP contribution in [-0.2, 0) is 4.79 Å². The third-order valence-electron chi connectivity index (χ3n) is 4.45. The second-order valence-electron chi connectivity index (χ2n) is 5.75. The quantitative estimate of drug-likeness (QED) is 0.849. The van der Waals surface area contributed by atoms with E-state index in [1.165, 1.54) is 0 Å². The number of rotatable bonds is 1. The first kappa shape index (κ1) is 13.1. The van der Waals surface area contributed by atoms with Gasteiger partial charge >= 0.3 is 0 Å². The van der Waals surface area contributed by atoms with E-state index in [0.717, 1.165) is 42.0 Å². The molecule has 2 fully saturated rings. The molecular formula is C14H16BrN5O. The maximum atomic E-state index is 11.5. The fourth-order valence-electron chi connectivity index (χ4n) is 3.40. The predicted molar refractivity (Wildman–Crippen MR) is 82.2 cm³/mol. The van der Waals surface area contributed by atoms with E-state index in [0.29, 0.717) is 18.4 Å². The Morgan fingerprint density at radius 1 is 1.38 bits per heavy atom. The lowest BCUT2D eigenvalue weighted by Crippen LogP contribution is -2.54. The molecule has 0 radical (unpaired) electrons. The van der Waals surface area contributed by atoms with E-state index in [2.05, 4.69) is 36.1 Å². The highest BCUT2D eigenvalue weighted by atomic mass is 79.9. The first-order valence-corrected chi connectivity index (χ1v) is 8.03. The molecule has 0 aliphatic carbocycles. The van der Waals surface area contributed by atoms with E-state index < -0.39 is 0 Å². The van der Waals surface area contributed by atoms with Crippen LogP contribution in [0.2, 0.25) is 0 Å². The van der Waals surface area contributed by atoms with Crippen molar-refractivity contribution in [1.29, 1.82) is 0 Å². The van der Waals surface area contributed by atoms with Gasteiger partial charge in [0.25, 0.3) is 0 Å². The Morgan fingerprint density at radius 2 is 2.29 bits per heavy atom. The summed E-state index contributed by atoms with van der Waals surface area (Å²) >= 11 is 3.47. The fraction of sp³-hybridized carbons (Fsp3) is 0.500. The SMILES string of the molecule is O=C1CCC2CN(c3nc(Br)cn4ccnc34)CCC2N1. The van der Waals surface area contributed by atoms with Crippen LogP contribution in [0.25, 0.3) is 5.65 Å². The van der Waals surface area contributed by atoms with Crippen LogP contribution in [0.4, 0.5) is 5.82 Å². The number of halogens is 1. The summed E-state index contributed by atoms with van der Waals surface area (Å²) in [7, 11) is 0. The van der Waals surface area contributed by atoms with Crippen molar-refractivity contribution in [2.24, 2.45) is 5.92 Å². The van der Waals surface area contributed by atoms with Crippen LogP contribution in [0.3, 0.4) is 0 Å². The number of imidazole rings is 1. The number of anilines is 1. The van der Waals surface area contributed by atoms with E-state index in [1.807, 2.05) is 16.8 Å². The molecule has 2 atom stereocenters. The predicted octanol–water partition coefficient (Wildman–Crippen LogP) is 1.60. The zero-order valence-electron chi connectivity index (χ0n) is 11.5. The summed E-state index contributed by atoms with van der Waals surface area (Å²) in [6.07, 6.45) is 8.21. The van der Waals surface area contributed by atoms with Crippen molar-refractivity contribution in [3.05, 3.63) is 23.2 Å². The molecule has 6 nitrogen and oxygen atoms in total. The van der Waals surface area contributed by atoms with Gasteiger partial charge in [-0.3, -0.25) is 4.79 Å². The largest absolute Gasteiger partial charge is 0.353 e. The Labute approximate surface area is 130 Å². The molecule has 7 heteroatoms. The third kappa shape index (κ3) is 2.29. The number of piperidine rings is 2. The first-order valence-electron chi connectivity index (χ1n) is 7.24. The third-order valence-corrected chi connectivity index (χ3v) is 4.83. The number of aromatic nitrogens is 3. The zero-order chi connectivity index (χ0) is 14.4. The molecule has 0 saturated carbocycles. The summed E-state index contributed by atoms with van der Waals surface area (Å²) in [6.45, 7) is 1.82. The number of amides is 1. The molecule has 110 valence electrons. The summed E-state index contributed by atoms with van der Waals surface area (Å²) in [5.74, 6) is 1.62. The molecule has 2 aliphatic heterocycles. The molecule has 0 bridgehead atoms. The number of carbonyl (C=O) groups excluding carboxylic acids is 1. The summed E-state index contributed by atoms with van der Waals surface area (Å²) < 4.78 is 2.79.